The number of hydrogen-bond donors (Lipinski definition) is 2. The van der Waals surface area contributed by atoms with Gasteiger partial charge in [-0.15, -0.1) is 11.3 Å². The van der Waals surface area contributed by atoms with E-state index in [0.29, 0.717) is 31.0 Å². The quantitative estimate of drug-likeness (QED) is 0.557. The third kappa shape index (κ3) is 7.32. The standard InChI is InChI=1S/C20H28N4O3S2/c1-5-24(6-2)19(27)12-28-20-23-15-8-7-14(10-16(15)29-20)22-18(26)11-21-17(25)9-13(3)4/h7-8,10,13H,5-6,9,11-12H2,1-4H3,(H,21,25)(H,22,26). The Balaban J connectivity index is 1.92. The Labute approximate surface area is 179 Å². The fourth-order valence-corrected chi connectivity index (χ4v) is 4.67. The lowest BCUT2D eigenvalue weighted by Gasteiger charge is -2.17. The second-order valence-electron chi connectivity index (χ2n) is 6.94. The molecule has 1 aromatic heterocycles. The molecular formula is C20H28N4O3S2. The van der Waals surface area contributed by atoms with Crippen molar-refractivity contribution in [3.05, 3.63) is 18.2 Å². The molecule has 0 atom stereocenters. The molecule has 0 aliphatic carbocycles. The second kappa shape index (κ2) is 11.2. The van der Waals surface area contributed by atoms with Gasteiger partial charge < -0.3 is 15.5 Å². The van der Waals surface area contributed by atoms with Gasteiger partial charge in [0.2, 0.25) is 17.7 Å². The van der Waals surface area contributed by atoms with Crippen LogP contribution in [0.1, 0.15) is 34.1 Å². The highest BCUT2D eigenvalue weighted by Crippen LogP contribution is 2.31. The van der Waals surface area contributed by atoms with Crippen LogP contribution in [0, 0.1) is 5.92 Å². The van der Waals surface area contributed by atoms with E-state index in [1.165, 1.54) is 23.1 Å². The highest BCUT2D eigenvalue weighted by Gasteiger charge is 2.13. The number of thioether (sulfide) groups is 1. The van der Waals surface area contributed by atoms with E-state index in [4.69, 9.17) is 0 Å². The highest BCUT2D eigenvalue weighted by molar-refractivity contribution is 8.01. The lowest BCUT2D eigenvalue weighted by Crippen LogP contribution is -2.33. The Morgan fingerprint density at radius 1 is 1.17 bits per heavy atom. The van der Waals surface area contributed by atoms with Gasteiger partial charge in [0.25, 0.3) is 0 Å². The molecule has 0 saturated heterocycles. The number of anilines is 1. The summed E-state index contributed by atoms with van der Waals surface area (Å²) in [6.45, 7) is 9.20. The molecule has 1 heterocycles. The van der Waals surface area contributed by atoms with Crippen molar-refractivity contribution in [1.82, 2.24) is 15.2 Å². The van der Waals surface area contributed by atoms with Gasteiger partial charge in [0.1, 0.15) is 0 Å². The zero-order valence-electron chi connectivity index (χ0n) is 17.3. The second-order valence-corrected chi connectivity index (χ2v) is 9.19. The van der Waals surface area contributed by atoms with Crippen LogP contribution in [0.2, 0.25) is 0 Å². The molecule has 0 saturated carbocycles. The Morgan fingerprint density at radius 3 is 2.55 bits per heavy atom. The summed E-state index contributed by atoms with van der Waals surface area (Å²) in [5.74, 6) is 0.313. The van der Waals surface area contributed by atoms with Crippen LogP contribution in [0.5, 0.6) is 0 Å². The van der Waals surface area contributed by atoms with Crippen molar-refractivity contribution in [2.75, 3.05) is 30.7 Å². The number of carbonyl (C=O) groups excluding carboxylic acids is 3. The van der Waals surface area contributed by atoms with E-state index >= 15 is 0 Å². The molecule has 3 amide bonds. The molecule has 9 heteroatoms. The molecule has 0 bridgehead atoms. The average molecular weight is 437 g/mol. The minimum Gasteiger partial charge on any atom is -0.347 e. The van der Waals surface area contributed by atoms with Crippen LogP contribution in [0.15, 0.2) is 22.5 Å². The molecule has 0 unspecified atom stereocenters. The predicted molar refractivity (Wildman–Crippen MR) is 119 cm³/mol. The predicted octanol–water partition coefficient (Wildman–Crippen LogP) is 3.36. The first-order valence-electron chi connectivity index (χ1n) is 9.70. The summed E-state index contributed by atoms with van der Waals surface area (Å²) in [6, 6.07) is 5.48. The van der Waals surface area contributed by atoms with Gasteiger partial charge in [-0.05, 0) is 38.0 Å². The van der Waals surface area contributed by atoms with E-state index in [1.807, 2.05) is 39.8 Å². The minimum absolute atomic E-state index is 0.0547. The van der Waals surface area contributed by atoms with Crippen LogP contribution in [0.25, 0.3) is 10.2 Å². The van der Waals surface area contributed by atoms with E-state index in [2.05, 4.69) is 15.6 Å². The maximum atomic E-state index is 12.1. The molecule has 158 valence electrons. The Bertz CT molecular complexity index is 863. The maximum absolute atomic E-state index is 12.1. The van der Waals surface area contributed by atoms with Crippen LogP contribution in [-0.2, 0) is 14.4 Å². The maximum Gasteiger partial charge on any atom is 0.243 e. The molecule has 0 aliphatic rings. The first-order chi connectivity index (χ1) is 13.8. The van der Waals surface area contributed by atoms with E-state index in [-0.39, 0.29) is 30.2 Å². The number of thiazole rings is 1. The van der Waals surface area contributed by atoms with Crippen LogP contribution >= 0.6 is 23.1 Å². The molecule has 0 spiro atoms. The number of nitrogens with zero attached hydrogens (tertiary/aromatic N) is 2. The molecule has 2 N–H and O–H groups in total. The fraction of sp³-hybridized carbons (Fsp3) is 0.500. The molecule has 7 nitrogen and oxygen atoms in total. The Hall–Kier alpha value is -2.13. The third-order valence-corrected chi connectivity index (χ3v) is 6.27. The summed E-state index contributed by atoms with van der Waals surface area (Å²) in [7, 11) is 0. The van der Waals surface area contributed by atoms with Crippen molar-refractivity contribution in [2.45, 2.75) is 38.5 Å². The summed E-state index contributed by atoms with van der Waals surface area (Å²) in [4.78, 5) is 42.2. The van der Waals surface area contributed by atoms with Crippen molar-refractivity contribution >= 4 is 56.7 Å². The van der Waals surface area contributed by atoms with Crippen molar-refractivity contribution in [3.63, 3.8) is 0 Å². The van der Waals surface area contributed by atoms with E-state index in [0.717, 1.165) is 14.6 Å². The number of benzene rings is 1. The number of hydrogen-bond acceptors (Lipinski definition) is 6. The average Bonchev–Trinajstić information content (AvgIpc) is 3.07. The van der Waals surface area contributed by atoms with Crippen LogP contribution in [-0.4, -0.2) is 53.0 Å². The molecule has 0 radical (unpaired) electrons. The van der Waals surface area contributed by atoms with Crippen molar-refractivity contribution in [2.24, 2.45) is 5.92 Å². The number of nitrogens with one attached hydrogen (secondary N) is 2. The van der Waals surface area contributed by atoms with Gasteiger partial charge in [-0.2, -0.15) is 0 Å². The van der Waals surface area contributed by atoms with E-state index in [1.54, 1.807) is 11.0 Å². The first-order valence-corrected chi connectivity index (χ1v) is 11.5. The van der Waals surface area contributed by atoms with E-state index < -0.39 is 0 Å². The van der Waals surface area contributed by atoms with Crippen molar-refractivity contribution < 1.29 is 14.4 Å². The molecule has 0 aliphatic heterocycles. The van der Waals surface area contributed by atoms with Crippen LogP contribution in [0.3, 0.4) is 0 Å². The molecule has 0 fully saturated rings. The van der Waals surface area contributed by atoms with Crippen LogP contribution in [0.4, 0.5) is 5.69 Å². The largest absolute Gasteiger partial charge is 0.347 e. The van der Waals surface area contributed by atoms with Gasteiger partial charge in [0, 0.05) is 25.2 Å². The van der Waals surface area contributed by atoms with Gasteiger partial charge in [0.15, 0.2) is 4.34 Å². The van der Waals surface area contributed by atoms with Gasteiger partial charge in [0.05, 0.1) is 22.5 Å². The lowest BCUT2D eigenvalue weighted by atomic mass is 10.1. The monoisotopic (exact) mass is 436 g/mol. The SMILES string of the molecule is CCN(CC)C(=O)CSc1nc2ccc(NC(=O)CNC(=O)CC(C)C)cc2s1. The molecule has 1 aromatic carbocycles. The summed E-state index contributed by atoms with van der Waals surface area (Å²) < 4.78 is 1.76. The lowest BCUT2D eigenvalue weighted by molar-refractivity contribution is -0.128. The zero-order chi connectivity index (χ0) is 21.4. The highest BCUT2D eigenvalue weighted by atomic mass is 32.2. The topological polar surface area (TPSA) is 91.4 Å². The van der Waals surface area contributed by atoms with Gasteiger partial charge in [-0.1, -0.05) is 25.6 Å². The number of amides is 3. The Morgan fingerprint density at radius 2 is 1.90 bits per heavy atom. The van der Waals surface area contributed by atoms with Gasteiger partial charge in [-0.3, -0.25) is 14.4 Å². The molecule has 29 heavy (non-hydrogen) atoms. The first kappa shape index (κ1) is 23.2. The number of carbonyl (C=O) groups is 3. The third-order valence-electron chi connectivity index (χ3n) is 4.13. The number of rotatable bonds is 10. The fourth-order valence-electron chi connectivity index (χ4n) is 2.66. The van der Waals surface area contributed by atoms with E-state index in [9.17, 15) is 14.4 Å². The summed E-state index contributed by atoms with van der Waals surface area (Å²) in [5, 5.41) is 5.41. The number of aromatic nitrogens is 1. The van der Waals surface area contributed by atoms with Crippen molar-refractivity contribution in [3.8, 4) is 0 Å². The normalized spacial score (nSPS) is 10.9. The molecular weight excluding hydrogens is 408 g/mol. The molecule has 2 aromatic rings. The minimum atomic E-state index is -0.273. The summed E-state index contributed by atoms with van der Waals surface area (Å²) >= 11 is 2.92. The Kier molecular flexibility index (Phi) is 8.91. The summed E-state index contributed by atoms with van der Waals surface area (Å²) in [6.07, 6.45) is 0.400. The van der Waals surface area contributed by atoms with Gasteiger partial charge in [-0.25, -0.2) is 4.98 Å². The van der Waals surface area contributed by atoms with Crippen molar-refractivity contribution in [1.29, 1.82) is 0 Å². The smallest absolute Gasteiger partial charge is 0.243 e. The van der Waals surface area contributed by atoms with Crippen LogP contribution < -0.4 is 10.6 Å². The zero-order valence-corrected chi connectivity index (χ0v) is 18.9. The summed E-state index contributed by atoms with van der Waals surface area (Å²) in [5.41, 5.74) is 1.48. The van der Waals surface area contributed by atoms with Gasteiger partial charge >= 0.3 is 0 Å². The molecule has 2 rings (SSSR count). The number of fused-ring (bicyclic) bond motifs is 1.